The van der Waals surface area contributed by atoms with E-state index < -0.39 is 18.3 Å². The van der Waals surface area contributed by atoms with E-state index in [1.54, 1.807) is 19.8 Å². The Hall–Kier alpha value is -4.90. The van der Waals surface area contributed by atoms with Gasteiger partial charge in [0.05, 0.1) is 13.1 Å². The standard InChI is InChI=1S/C34H40N6O5/c1-3-20-45-34(44)35-19-11-18-29-32(42)37(22-27-16-10-15-26-14-8-9-17-28(26)27)23-30-39(29)31(41)24-38(4-2)40(30)33(43)36-21-25-12-6-5-7-13-25/h3,5-10,12-17,29-30H,1,4,11,18-24H2,2H3,(H,35,44)(H,36,43)/t29-,30-/m0/s1. The largest absolute Gasteiger partial charge is 0.445 e. The molecule has 2 fully saturated rings. The number of ether oxygens (including phenoxy) is 1. The van der Waals surface area contributed by atoms with Crippen molar-refractivity contribution in [2.75, 3.05) is 32.8 Å². The Morgan fingerprint density at radius 1 is 1.00 bits per heavy atom. The minimum absolute atomic E-state index is 0.0228. The summed E-state index contributed by atoms with van der Waals surface area (Å²) < 4.78 is 4.98. The van der Waals surface area contributed by atoms with Gasteiger partial charge in [-0.3, -0.25) is 9.59 Å². The van der Waals surface area contributed by atoms with E-state index in [0.717, 1.165) is 21.9 Å². The number of benzene rings is 3. The van der Waals surface area contributed by atoms with E-state index in [1.165, 1.54) is 6.08 Å². The quantitative estimate of drug-likeness (QED) is 0.251. The predicted octanol–water partition coefficient (Wildman–Crippen LogP) is 3.86. The van der Waals surface area contributed by atoms with Gasteiger partial charge < -0.3 is 25.2 Å². The molecule has 2 saturated heterocycles. The van der Waals surface area contributed by atoms with Crippen molar-refractivity contribution in [3.05, 3.63) is 96.6 Å². The van der Waals surface area contributed by atoms with E-state index in [4.69, 9.17) is 4.74 Å². The number of likely N-dealkylation sites (N-methyl/N-ethyl adjacent to an activating group) is 1. The molecular formula is C34H40N6O5. The molecule has 2 heterocycles. The lowest BCUT2D eigenvalue weighted by Gasteiger charge is -2.55. The van der Waals surface area contributed by atoms with Crippen LogP contribution in [0, 0.1) is 0 Å². The molecule has 3 aromatic rings. The molecule has 0 aromatic heterocycles. The highest BCUT2D eigenvalue weighted by Gasteiger charge is 2.50. The van der Waals surface area contributed by atoms with Gasteiger partial charge in [0.1, 0.15) is 18.8 Å². The number of piperazine rings is 1. The number of hydrogen-bond donors (Lipinski definition) is 2. The van der Waals surface area contributed by atoms with Crippen molar-refractivity contribution in [1.29, 1.82) is 0 Å². The van der Waals surface area contributed by atoms with Crippen LogP contribution in [0.1, 0.15) is 30.9 Å². The lowest BCUT2D eigenvalue weighted by molar-refractivity contribution is -0.190. The molecular weight excluding hydrogens is 572 g/mol. The van der Waals surface area contributed by atoms with E-state index in [-0.39, 0.29) is 44.1 Å². The van der Waals surface area contributed by atoms with Crippen molar-refractivity contribution < 1.29 is 23.9 Å². The molecule has 11 nitrogen and oxygen atoms in total. The highest BCUT2D eigenvalue weighted by molar-refractivity contribution is 5.92. The van der Waals surface area contributed by atoms with Gasteiger partial charge in [-0.25, -0.2) is 19.6 Å². The summed E-state index contributed by atoms with van der Waals surface area (Å²) >= 11 is 0. The van der Waals surface area contributed by atoms with Gasteiger partial charge in [0, 0.05) is 26.2 Å². The van der Waals surface area contributed by atoms with Crippen LogP contribution in [0.25, 0.3) is 10.8 Å². The number of rotatable bonds is 11. The predicted molar refractivity (Wildman–Crippen MR) is 170 cm³/mol. The molecule has 2 N–H and O–H groups in total. The number of nitrogens with zero attached hydrogens (tertiary/aromatic N) is 4. The van der Waals surface area contributed by atoms with Gasteiger partial charge in [0.15, 0.2) is 0 Å². The van der Waals surface area contributed by atoms with Crippen molar-refractivity contribution in [2.45, 2.75) is 45.1 Å². The van der Waals surface area contributed by atoms with Crippen molar-refractivity contribution in [1.82, 2.24) is 30.5 Å². The summed E-state index contributed by atoms with van der Waals surface area (Å²) in [6.07, 6.45) is 0.935. The second kappa shape index (κ2) is 14.7. The number of amides is 5. The zero-order valence-electron chi connectivity index (χ0n) is 25.6. The Morgan fingerprint density at radius 3 is 2.53 bits per heavy atom. The SMILES string of the molecule is C=CCOC(=O)NCCC[C@H]1C(=O)N(Cc2cccc3ccccc23)C[C@H]2N1C(=O)CN(CC)N2C(=O)NCc1ccccc1. The Bertz CT molecular complexity index is 1530. The van der Waals surface area contributed by atoms with Gasteiger partial charge in [0.2, 0.25) is 11.8 Å². The molecule has 45 heavy (non-hydrogen) atoms. The van der Waals surface area contributed by atoms with Crippen LogP contribution < -0.4 is 10.6 Å². The number of alkyl carbamates (subject to hydrolysis) is 1. The minimum atomic E-state index is -0.805. The van der Waals surface area contributed by atoms with Crippen molar-refractivity contribution >= 4 is 34.7 Å². The van der Waals surface area contributed by atoms with Crippen molar-refractivity contribution in [2.24, 2.45) is 0 Å². The summed E-state index contributed by atoms with van der Waals surface area (Å²) in [5.41, 5.74) is 1.93. The van der Waals surface area contributed by atoms with E-state index in [9.17, 15) is 19.2 Å². The van der Waals surface area contributed by atoms with E-state index in [2.05, 4.69) is 17.2 Å². The zero-order valence-corrected chi connectivity index (χ0v) is 25.6. The third-order valence-electron chi connectivity index (χ3n) is 8.19. The van der Waals surface area contributed by atoms with Crippen LogP contribution in [0.5, 0.6) is 0 Å². The van der Waals surface area contributed by atoms with Gasteiger partial charge in [-0.1, -0.05) is 92.4 Å². The summed E-state index contributed by atoms with van der Waals surface area (Å²) in [6.45, 7) is 7.01. The maximum Gasteiger partial charge on any atom is 0.407 e. The Kier molecular flexibility index (Phi) is 10.3. The van der Waals surface area contributed by atoms with Gasteiger partial charge in [-0.2, -0.15) is 0 Å². The van der Waals surface area contributed by atoms with E-state index in [0.29, 0.717) is 32.5 Å². The number of urea groups is 1. The lowest BCUT2D eigenvalue weighted by atomic mass is 9.99. The molecule has 0 bridgehead atoms. The topological polar surface area (TPSA) is 115 Å². The van der Waals surface area contributed by atoms with E-state index in [1.807, 2.05) is 79.7 Å². The molecule has 0 unspecified atom stereocenters. The number of hydrogen-bond acceptors (Lipinski definition) is 6. The van der Waals surface area contributed by atoms with Crippen LogP contribution in [-0.2, 0) is 27.4 Å². The van der Waals surface area contributed by atoms with Crippen LogP contribution in [0.3, 0.4) is 0 Å². The average Bonchev–Trinajstić information content (AvgIpc) is 3.06. The molecule has 11 heteroatoms. The first-order chi connectivity index (χ1) is 21.9. The summed E-state index contributed by atoms with van der Waals surface area (Å²) in [4.78, 5) is 56.9. The smallest absolute Gasteiger partial charge is 0.407 e. The summed E-state index contributed by atoms with van der Waals surface area (Å²) in [6, 6.07) is 22.5. The maximum absolute atomic E-state index is 14.2. The molecule has 0 spiro atoms. The second-order valence-corrected chi connectivity index (χ2v) is 11.1. The summed E-state index contributed by atoms with van der Waals surface area (Å²) in [5.74, 6) is -0.396. The molecule has 236 valence electrons. The maximum atomic E-state index is 14.2. The molecule has 0 radical (unpaired) electrons. The fraction of sp³-hybridized carbons (Fsp3) is 0.353. The monoisotopic (exact) mass is 612 g/mol. The third kappa shape index (κ3) is 7.26. The highest BCUT2D eigenvalue weighted by atomic mass is 16.5. The molecule has 0 aliphatic carbocycles. The Morgan fingerprint density at radius 2 is 1.76 bits per heavy atom. The third-order valence-corrected chi connectivity index (χ3v) is 8.19. The highest BCUT2D eigenvalue weighted by Crippen LogP contribution is 2.30. The van der Waals surface area contributed by atoms with Crippen LogP contribution in [0.2, 0.25) is 0 Å². The number of carbonyl (C=O) groups is 4. The lowest BCUT2D eigenvalue weighted by Crippen LogP contribution is -2.76. The minimum Gasteiger partial charge on any atom is -0.445 e. The molecule has 3 aromatic carbocycles. The normalized spacial score (nSPS) is 18.5. The fourth-order valence-electron chi connectivity index (χ4n) is 6.05. The first kappa shape index (κ1) is 31.5. The molecule has 2 aliphatic rings. The zero-order chi connectivity index (χ0) is 31.8. The Labute approximate surface area is 263 Å². The number of hydrazine groups is 1. The summed E-state index contributed by atoms with van der Waals surface area (Å²) in [5, 5.41) is 11.1. The first-order valence-electron chi connectivity index (χ1n) is 15.3. The number of carbonyl (C=O) groups excluding carboxylic acids is 4. The van der Waals surface area contributed by atoms with Gasteiger partial charge >= 0.3 is 12.1 Å². The second-order valence-electron chi connectivity index (χ2n) is 11.1. The van der Waals surface area contributed by atoms with Crippen LogP contribution in [0.15, 0.2) is 85.5 Å². The van der Waals surface area contributed by atoms with Crippen LogP contribution in [-0.4, -0.2) is 88.7 Å². The Balaban J connectivity index is 1.41. The van der Waals surface area contributed by atoms with Gasteiger partial charge in [-0.15, -0.1) is 0 Å². The molecule has 5 rings (SSSR count). The number of nitrogens with one attached hydrogen (secondary N) is 2. The van der Waals surface area contributed by atoms with Crippen molar-refractivity contribution in [3.8, 4) is 0 Å². The van der Waals surface area contributed by atoms with E-state index >= 15 is 0 Å². The van der Waals surface area contributed by atoms with Gasteiger partial charge in [0.25, 0.3) is 0 Å². The van der Waals surface area contributed by atoms with Crippen LogP contribution in [0.4, 0.5) is 9.59 Å². The molecule has 5 amide bonds. The van der Waals surface area contributed by atoms with Crippen LogP contribution >= 0.6 is 0 Å². The molecule has 2 aliphatic heterocycles. The average molecular weight is 613 g/mol. The first-order valence-corrected chi connectivity index (χ1v) is 15.3. The number of fused-ring (bicyclic) bond motifs is 2. The fourth-order valence-corrected chi connectivity index (χ4v) is 6.05. The van der Waals surface area contributed by atoms with Gasteiger partial charge in [-0.05, 0) is 34.7 Å². The van der Waals surface area contributed by atoms with Crippen molar-refractivity contribution in [3.63, 3.8) is 0 Å². The molecule has 2 atom stereocenters. The molecule has 0 saturated carbocycles. The summed E-state index contributed by atoms with van der Waals surface area (Å²) in [7, 11) is 0.